The van der Waals surface area contributed by atoms with Crippen molar-refractivity contribution in [1.82, 2.24) is 19.3 Å². The lowest BCUT2D eigenvalue weighted by molar-refractivity contribution is 0.360. The number of rotatable bonds is 2. The molecule has 0 radical (unpaired) electrons. The number of fused-ring (bicyclic) bond motifs is 1. The van der Waals surface area contributed by atoms with Crippen LogP contribution in [0, 0.1) is 0 Å². The second-order valence-electron chi connectivity index (χ2n) is 4.11. The summed E-state index contributed by atoms with van der Waals surface area (Å²) in [4.78, 5) is 18.8. The van der Waals surface area contributed by atoms with Gasteiger partial charge in [-0.25, -0.2) is 9.67 Å². The van der Waals surface area contributed by atoms with Gasteiger partial charge in [0.1, 0.15) is 0 Å². The Morgan fingerprint density at radius 3 is 2.72 bits per heavy atom. The minimum atomic E-state index is -0.192. The monoisotopic (exact) mass is 247 g/mol. The lowest BCUT2D eigenvalue weighted by Crippen LogP contribution is -2.27. The van der Waals surface area contributed by atoms with Gasteiger partial charge in [-0.15, -0.1) is 10.2 Å². The summed E-state index contributed by atoms with van der Waals surface area (Å²) in [7, 11) is 0. The lowest BCUT2D eigenvalue weighted by atomic mass is 10.3. The van der Waals surface area contributed by atoms with Gasteiger partial charge >= 0.3 is 0 Å². The van der Waals surface area contributed by atoms with E-state index in [1.807, 2.05) is 0 Å². The zero-order chi connectivity index (χ0) is 12.5. The highest BCUT2D eigenvalue weighted by Gasteiger charge is 2.19. The third-order valence-electron chi connectivity index (χ3n) is 2.97. The molecule has 3 N–H and O–H groups in total. The van der Waals surface area contributed by atoms with Crippen molar-refractivity contribution < 1.29 is 0 Å². The average Bonchev–Trinajstić information content (AvgIpc) is 2.98. The second-order valence-corrected chi connectivity index (χ2v) is 4.11. The molecule has 0 spiro atoms. The van der Waals surface area contributed by atoms with Gasteiger partial charge in [0.25, 0.3) is 5.56 Å². The minimum Gasteiger partial charge on any atom is -0.382 e. The Hall–Kier alpha value is -2.38. The van der Waals surface area contributed by atoms with Crippen LogP contribution in [-0.4, -0.2) is 19.3 Å². The van der Waals surface area contributed by atoms with E-state index in [9.17, 15) is 4.79 Å². The van der Waals surface area contributed by atoms with Gasteiger partial charge in [0.2, 0.25) is 5.95 Å². The average molecular weight is 247 g/mol. The molecule has 0 fully saturated rings. The number of aromatic amines is 1. The Balaban J connectivity index is 2.02. The molecular weight excluding hydrogens is 234 g/mol. The van der Waals surface area contributed by atoms with E-state index < -0.39 is 0 Å². The van der Waals surface area contributed by atoms with Gasteiger partial charge in [0.05, 0.1) is 0 Å². The Bertz CT molecular complexity index is 634. The molecule has 1 aliphatic rings. The predicted octanol–water partition coefficient (Wildman–Crippen LogP) is 1.16. The molecule has 1 aliphatic heterocycles. The summed E-state index contributed by atoms with van der Waals surface area (Å²) in [5.74, 6) is 0.720. The van der Waals surface area contributed by atoms with Gasteiger partial charge in [-0.1, -0.05) is 0 Å². The zero-order valence-corrected chi connectivity index (χ0v) is 9.70. The molecule has 2 aromatic heterocycles. The summed E-state index contributed by atoms with van der Waals surface area (Å²) in [5.41, 5.74) is 5.92. The third kappa shape index (κ3) is 1.62. The van der Waals surface area contributed by atoms with Crippen LogP contribution in [0.15, 0.2) is 27.4 Å². The van der Waals surface area contributed by atoms with Crippen molar-refractivity contribution in [3.63, 3.8) is 0 Å². The molecule has 3 heterocycles. The Kier molecular flexibility index (Phi) is 2.47. The van der Waals surface area contributed by atoms with Crippen molar-refractivity contribution in [3.05, 3.63) is 22.7 Å². The van der Waals surface area contributed by atoms with E-state index in [1.54, 1.807) is 21.8 Å². The fraction of sp³-hybridized carbons (Fsp3) is 0.400. The fourth-order valence-electron chi connectivity index (χ4n) is 2.08. The van der Waals surface area contributed by atoms with E-state index >= 15 is 0 Å². The first kappa shape index (κ1) is 10.8. The first-order valence-electron chi connectivity index (χ1n) is 5.77. The molecule has 18 heavy (non-hydrogen) atoms. The molecular formula is C10H13N7O. The normalized spacial score (nSPS) is 15.1. The third-order valence-corrected chi connectivity index (χ3v) is 2.97. The van der Waals surface area contributed by atoms with E-state index in [1.165, 1.54) is 0 Å². The number of hydrogen-bond acceptors (Lipinski definition) is 5. The maximum atomic E-state index is 12.1. The summed E-state index contributed by atoms with van der Waals surface area (Å²) < 4.78 is 3.39. The molecule has 8 heteroatoms. The zero-order valence-electron chi connectivity index (χ0n) is 9.70. The van der Waals surface area contributed by atoms with Crippen LogP contribution in [0.4, 0.5) is 17.5 Å². The maximum Gasteiger partial charge on any atom is 0.296 e. The molecule has 0 amide bonds. The van der Waals surface area contributed by atoms with E-state index in [2.05, 4.69) is 20.2 Å². The maximum absolute atomic E-state index is 12.1. The summed E-state index contributed by atoms with van der Waals surface area (Å²) in [6.45, 7) is 1.43. The van der Waals surface area contributed by atoms with E-state index in [0.717, 1.165) is 19.4 Å². The second kappa shape index (κ2) is 4.13. The number of hydrogen-bond donors (Lipinski definition) is 2. The van der Waals surface area contributed by atoms with Gasteiger partial charge in [-0.3, -0.25) is 9.48 Å². The largest absolute Gasteiger partial charge is 0.382 e. The number of H-pyrrole nitrogens is 1. The van der Waals surface area contributed by atoms with E-state index in [0.29, 0.717) is 18.3 Å². The lowest BCUT2D eigenvalue weighted by Gasteiger charge is -2.17. The Morgan fingerprint density at radius 1 is 1.28 bits per heavy atom. The Labute approximate surface area is 102 Å². The topological polar surface area (TPSA) is 106 Å². The number of nitrogen functional groups attached to an aromatic ring is 1. The van der Waals surface area contributed by atoms with E-state index in [4.69, 9.17) is 5.73 Å². The highest BCUT2D eigenvalue weighted by Crippen LogP contribution is 2.22. The summed E-state index contributed by atoms with van der Waals surface area (Å²) in [6.07, 6.45) is 5.20. The number of nitrogens with zero attached hydrogens (tertiary/aromatic N) is 5. The SMILES string of the molecule is Nc1c(N=Nc2ncc[nH]2)c(=O)n2n1CCCC2. The molecule has 0 unspecified atom stereocenters. The molecule has 0 aromatic carbocycles. The van der Waals surface area contributed by atoms with Crippen molar-refractivity contribution in [2.45, 2.75) is 25.9 Å². The van der Waals surface area contributed by atoms with Crippen LogP contribution < -0.4 is 11.3 Å². The number of aromatic nitrogens is 4. The van der Waals surface area contributed by atoms with Gasteiger partial charge in [-0.2, -0.15) is 0 Å². The molecule has 0 saturated carbocycles. The van der Waals surface area contributed by atoms with E-state index in [-0.39, 0.29) is 11.2 Å². The van der Waals surface area contributed by atoms with Crippen molar-refractivity contribution in [2.24, 2.45) is 10.2 Å². The number of nitrogens with two attached hydrogens (primary N) is 1. The fourth-order valence-corrected chi connectivity index (χ4v) is 2.08. The number of nitrogens with one attached hydrogen (secondary N) is 1. The summed E-state index contributed by atoms with van der Waals surface area (Å²) in [5, 5.41) is 7.76. The molecule has 2 aromatic rings. The number of imidazole rings is 1. The van der Waals surface area contributed by atoms with Crippen LogP contribution in [0.2, 0.25) is 0 Å². The standard InChI is InChI=1S/C10H13N7O/c11-8-7(14-15-10-12-3-4-13-10)9(18)17-6-2-1-5-16(8)17/h3-4H,1-2,5-6,11H2,(H,12,13). The van der Waals surface area contributed by atoms with Crippen LogP contribution in [0.3, 0.4) is 0 Å². The van der Waals surface area contributed by atoms with Crippen LogP contribution in [0.1, 0.15) is 12.8 Å². The van der Waals surface area contributed by atoms with Crippen molar-refractivity contribution in [1.29, 1.82) is 0 Å². The highest BCUT2D eigenvalue weighted by molar-refractivity contribution is 5.56. The summed E-state index contributed by atoms with van der Waals surface area (Å²) >= 11 is 0. The number of anilines is 1. The highest BCUT2D eigenvalue weighted by atomic mass is 16.1. The van der Waals surface area contributed by atoms with Crippen LogP contribution >= 0.6 is 0 Å². The van der Waals surface area contributed by atoms with Crippen LogP contribution in [0.5, 0.6) is 0 Å². The quantitative estimate of drug-likeness (QED) is 0.777. The smallest absolute Gasteiger partial charge is 0.296 e. The molecule has 0 atom stereocenters. The van der Waals surface area contributed by atoms with Crippen molar-refractivity contribution in [2.75, 3.05) is 5.73 Å². The molecule has 0 bridgehead atoms. The van der Waals surface area contributed by atoms with Crippen LogP contribution in [0.25, 0.3) is 0 Å². The van der Waals surface area contributed by atoms with Crippen molar-refractivity contribution in [3.8, 4) is 0 Å². The van der Waals surface area contributed by atoms with Crippen LogP contribution in [-0.2, 0) is 13.1 Å². The van der Waals surface area contributed by atoms with Gasteiger partial charge in [-0.05, 0) is 12.8 Å². The molecule has 3 rings (SSSR count). The minimum absolute atomic E-state index is 0.188. The summed E-state index contributed by atoms with van der Waals surface area (Å²) in [6, 6.07) is 0. The first-order valence-corrected chi connectivity index (χ1v) is 5.77. The molecule has 8 nitrogen and oxygen atoms in total. The molecule has 0 saturated heterocycles. The molecule has 0 aliphatic carbocycles. The van der Waals surface area contributed by atoms with Gasteiger partial charge in [0, 0.05) is 25.5 Å². The van der Waals surface area contributed by atoms with Gasteiger partial charge < -0.3 is 10.7 Å². The first-order chi connectivity index (χ1) is 8.77. The van der Waals surface area contributed by atoms with Gasteiger partial charge in [0.15, 0.2) is 11.5 Å². The Morgan fingerprint density at radius 2 is 2.06 bits per heavy atom. The predicted molar refractivity (Wildman–Crippen MR) is 65.1 cm³/mol. The van der Waals surface area contributed by atoms with Crippen molar-refractivity contribution >= 4 is 17.5 Å². The number of azo groups is 1. The molecule has 94 valence electrons.